The van der Waals surface area contributed by atoms with Crippen LogP contribution >= 0.6 is 15.8 Å². The zero-order valence-electron chi connectivity index (χ0n) is 10.0. The zero-order chi connectivity index (χ0) is 10.3. The molecule has 2 aliphatic rings. The first kappa shape index (κ1) is 11.3. The van der Waals surface area contributed by atoms with Gasteiger partial charge in [-0.25, -0.2) is 0 Å². The van der Waals surface area contributed by atoms with E-state index in [-0.39, 0.29) is 0 Å². The Morgan fingerprint density at radius 1 is 0.714 bits per heavy atom. The first-order chi connectivity index (χ1) is 6.59. The lowest BCUT2D eigenvalue weighted by atomic mass is 10.2. The molecule has 0 aromatic rings. The third-order valence-electron chi connectivity index (χ3n) is 4.25. The summed E-state index contributed by atoms with van der Waals surface area (Å²) in [5, 5.41) is 0. The van der Waals surface area contributed by atoms with Gasteiger partial charge in [-0.1, -0.05) is 27.7 Å². The molecule has 2 heterocycles. The van der Waals surface area contributed by atoms with Gasteiger partial charge in [0.05, 0.1) is 0 Å². The Morgan fingerprint density at radius 3 is 1.21 bits per heavy atom. The predicted molar refractivity (Wildman–Crippen MR) is 70.7 cm³/mol. The molecule has 4 atom stereocenters. The third kappa shape index (κ3) is 2.03. The average molecular weight is 230 g/mol. The molecule has 2 fully saturated rings. The van der Waals surface area contributed by atoms with Crippen LogP contribution in [-0.2, 0) is 0 Å². The van der Waals surface area contributed by atoms with Gasteiger partial charge in [0.2, 0.25) is 0 Å². The van der Waals surface area contributed by atoms with Crippen molar-refractivity contribution in [3.63, 3.8) is 0 Å². The average Bonchev–Trinajstić information content (AvgIpc) is 2.12. The van der Waals surface area contributed by atoms with Crippen molar-refractivity contribution in [2.45, 2.75) is 63.2 Å². The molecule has 0 bridgehead atoms. The van der Waals surface area contributed by atoms with Crippen LogP contribution in [0.15, 0.2) is 0 Å². The van der Waals surface area contributed by atoms with Crippen LogP contribution in [0.3, 0.4) is 0 Å². The van der Waals surface area contributed by atoms with Crippen LogP contribution in [0.1, 0.15) is 40.5 Å². The van der Waals surface area contributed by atoms with Crippen LogP contribution < -0.4 is 0 Å². The van der Waals surface area contributed by atoms with Crippen LogP contribution in [0.5, 0.6) is 0 Å². The molecule has 0 aromatic carbocycles. The molecule has 0 N–H and O–H groups in total. The fraction of sp³-hybridized carbons (Fsp3) is 1.00. The summed E-state index contributed by atoms with van der Waals surface area (Å²) < 4.78 is 0. The van der Waals surface area contributed by atoms with Crippen LogP contribution in [-0.4, -0.2) is 35.0 Å². The van der Waals surface area contributed by atoms with E-state index >= 15 is 0 Å². The lowest BCUT2D eigenvalue weighted by Gasteiger charge is -2.46. The molecule has 0 spiro atoms. The van der Waals surface area contributed by atoms with Gasteiger partial charge in [-0.3, -0.25) is 0 Å². The van der Waals surface area contributed by atoms with E-state index < -0.39 is 0 Å². The van der Waals surface area contributed by atoms with Crippen molar-refractivity contribution in [3.05, 3.63) is 0 Å². The summed E-state index contributed by atoms with van der Waals surface area (Å²) in [4.78, 5) is 0. The Balaban J connectivity index is 1.72. The summed E-state index contributed by atoms with van der Waals surface area (Å²) in [6.07, 6.45) is 6.26. The molecule has 2 rings (SSSR count). The Morgan fingerprint density at radius 2 is 1.00 bits per heavy atom. The molecular weight excluding hydrogens is 206 g/mol. The Kier molecular flexibility index (Phi) is 3.56. The molecule has 2 saturated heterocycles. The molecule has 0 saturated carbocycles. The molecule has 0 radical (unpaired) electrons. The minimum Gasteiger partial charge on any atom is -0.100 e. The summed E-state index contributed by atoms with van der Waals surface area (Å²) in [5.41, 5.74) is 4.40. The zero-order valence-corrected chi connectivity index (χ0v) is 11.8. The monoisotopic (exact) mass is 230 g/mol. The van der Waals surface area contributed by atoms with Crippen LogP contribution in [0.2, 0.25) is 0 Å². The maximum atomic E-state index is 2.48. The molecular formula is C12H24P2. The second-order valence-corrected chi connectivity index (χ2v) is 11.8. The van der Waals surface area contributed by atoms with Gasteiger partial charge in [0.1, 0.15) is 0 Å². The fourth-order valence-electron chi connectivity index (χ4n) is 3.23. The maximum Gasteiger partial charge on any atom is -0.0229 e. The van der Waals surface area contributed by atoms with E-state index in [1.165, 1.54) is 12.8 Å². The lowest BCUT2D eigenvalue weighted by molar-refractivity contribution is 0.695. The SMILES string of the molecule is C[C@@H]1C[C@@H](C)P1CCP1[C@H](C)C[C@H]1C. The van der Waals surface area contributed by atoms with Crippen molar-refractivity contribution in [1.82, 2.24) is 0 Å². The minimum atomic E-state index is 0.454. The van der Waals surface area contributed by atoms with Crippen molar-refractivity contribution in [1.29, 1.82) is 0 Å². The minimum absolute atomic E-state index is 0.454. The Bertz CT molecular complexity index is 166. The highest BCUT2D eigenvalue weighted by atomic mass is 31.1. The molecule has 2 heteroatoms. The van der Waals surface area contributed by atoms with Gasteiger partial charge >= 0.3 is 0 Å². The summed E-state index contributed by atoms with van der Waals surface area (Å²) in [7, 11) is 0.907. The quantitative estimate of drug-likeness (QED) is 0.634. The van der Waals surface area contributed by atoms with Crippen molar-refractivity contribution < 1.29 is 0 Å². The highest BCUT2D eigenvalue weighted by Gasteiger charge is 2.37. The van der Waals surface area contributed by atoms with Gasteiger partial charge in [0, 0.05) is 0 Å². The standard InChI is InChI=1S/C12H24P2/c1-9-7-10(2)13(9)5-6-14-11(3)8-12(14)4/h9-12H,5-8H2,1-4H3/t9-,10-,11-,12-/m1/s1. The predicted octanol–water partition coefficient (Wildman–Crippen LogP) is 4.31. The molecule has 0 unspecified atom stereocenters. The summed E-state index contributed by atoms with van der Waals surface area (Å²) in [6, 6.07) is 0. The second-order valence-electron chi connectivity index (χ2n) is 5.34. The first-order valence-corrected chi connectivity index (χ1v) is 9.44. The molecule has 0 aliphatic carbocycles. The van der Waals surface area contributed by atoms with Gasteiger partial charge in [0.25, 0.3) is 0 Å². The van der Waals surface area contributed by atoms with Gasteiger partial charge in [-0.15, -0.1) is 15.8 Å². The summed E-state index contributed by atoms with van der Waals surface area (Å²) in [6.45, 7) is 9.92. The van der Waals surface area contributed by atoms with Crippen LogP contribution in [0, 0.1) is 0 Å². The number of hydrogen-bond acceptors (Lipinski definition) is 0. The summed E-state index contributed by atoms with van der Waals surface area (Å²) >= 11 is 0. The fourth-order valence-corrected chi connectivity index (χ4v) is 10.1. The third-order valence-corrected chi connectivity index (χ3v) is 11.5. The van der Waals surface area contributed by atoms with Crippen molar-refractivity contribution in [2.24, 2.45) is 0 Å². The Hall–Kier alpha value is 0.860. The van der Waals surface area contributed by atoms with Gasteiger partial charge in [0.15, 0.2) is 0 Å². The highest BCUT2D eigenvalue weighted by Crippen LogP contribution is 2.64. The van der Waals surface area contributed by atoms with Crippen molar-refractivity contribution in [2.75, 3.05) is 12.3 Å². The Labute approximate surface area is 91.7 Å². The van der Waals surface area contributed by atoms with E-state index in [2.05, 4.69) is 27.7 Å². The largest absolute Gasteiger partial charge is 0.100 e. The molecule has 14 heavy (non-hydrogen) atoms. The van der Waals surface area contributed by atoms with Crippen molar-refractivity contribution >= 4 is 15.8 Å². The first-order valence-electron chi connectivity index (χ1n) is 6.11. The second kappa shape index (κ2) is 4.39. The lowest BCUT2D eigenvalue weighted by Crippen LogP contribution is -2.31. The summed E-state index contributed by atoms with van der Waals surface area (Å²) in [5.74, 6) is 0. The van der Waals surface area contributed by atoms with E-state index in [1.807, 2.05) is 0 Å². The van der Waals surface area contributed by atoms with E-state index in [9.17, 15) is 0 Å². The molecule has 0 nitrogen and oxygen atoms in total. The van der Waals surface area contributed by atoms with Crippen LogP contribution in [0.4, 0.5) is 0 Å². The molecule has 0 aromatic heterocycles. The number of rotatable bonds is 3. The normalized spacial score (nSPS) is 44.6. The van der Waals surface area contributed by atoms with E-state index in [0.717, 1.165) is 22.6 Å². The van der Waals surface area contributed by atoms with Crippen molar-refractivity contribution in [3.8, 4) is 0 Å². The molecule has 0 amide bonds. The van der Waals surface area contributed by atoms with Gasteiger partial charge in [-0.05, 0) is 47.8 Å². The van der Waals surface area contributed by atoms with E-state index in [4.69, 9.17) is 0 Å². The van der Waals surface area contributed by atoms with Crippen LogP contribution in [0.25, 0.3) is 0 Å². The van der Waals surface area contributed by atoms with Gasteiger partial charge < -0.3 is 0 Å². The van der Waals surface area contributed by atoms with Gasteiger partial charge in [-0.2, -0.15) is 0 Å². The highest BCUT2D eigenvalue weighted by molar-refractivity contribution is 7.64. The molecule has 82 valence electrons. The smallest absolute Gasteiger partial charge is 0.0229 e. The van der Waals surface area contributed by atoms with E-state index in [0.29, 0.717) is 15.8 Å². The number of hydrogen-bond donors (Lipinski definition) is 0. The maximum absolute atomic E-state index is 2.48. The topological polar surface area (TPSA) is 0 Å². The molecule has 2 aliphatic heterocycles. The van der Waals surface area contributed by atoms with E-state index in [1.54, 1.807) is 12.3 Å².